The van der Waals surface area contributed by atoms with Crippen LogP contribution in [0.4, 0.5) is 5.69 Å². The fourth-order valence-electron chi connectivity index (χ4n) is 3.48. The van der Waals surface area contributed by atoms with Gasteiger partial charge in [-0.3, -0.25) is 9.48 Å². The van der Waals surface area contributed by atoms with Crippen LogP contribution in [0.15, 0.2) is 73.1 Å². The standard InChI is InChI=1S/C26H20Cl3N3O4/c1-35-26(34)21-8-3-2-6-18(21)13-32-14-20(12-30-32)31-25(33)17-7-4-5-16(9-17)15-36-24-22(28)10-19(27)11-23(24)29/h2-12,14H,13,15H2,1H3,(H,31,33). The van der Waals surface area contributed by atoms with Crippen LogP contribution in [0.2, 0.25) is 15.1 Å². The predicted octanol–water partition coefficient (Wildman–Crippen LogP) is 6.51. The first-order valence-electron chi connectivity index (χ1n) is 10.7. The lowest BCUT2D eigenvalue weighted by molar-refractivity contribution is 0.0599. The van der Waals surface area contributed by atoms with Crippen LogP contribution in [0.1, 0.15) is 31.8 Å². The van der Waals surface area contributed by atoms with E-state index >= 15 is 0 Å². The van der Waals surface area contributed by atoms with Crippen molar-refractivity contribution in [1.82, 2.24) is 9.78 Å². The van der Waals surface area contributed by atoms with Crippen molar-refractivity contribution in [3.8, 4) is 5.75 Å². The summed E-state index contributed by atoms with van der Waals surface area (Å²) in [5.41, 5.74) is 2.91. The van der Waals surface area contributed by atoms with E-state index in [1.165, 1.54) is 13.3 Å². The summed E-state index contributed by atoms with van der Waals surface area (Å²) >= 11 is 18.3. The monoisotopic (exact) mass is 543 g/mol. The highest BCUT2D eigenvalue weighted by Gasteiger charge is 2.14. The SMILES string of the molecule is COC(=O)c1ccccc1Cn1cc(NC(=O)c2cccc(COc3c(Cl)cc(Cl)cc3Cl)c2)cn1. The highest BCUT2D eigenvalue weighted by molar-refractivity contribution is 6.40. The molecule has 1 aromatic heterocycles. The molecule has 36 heavy (non-hydrogen) atoms. The predicted molar refractivity (Wildman–Crippen MR) is 139 cm³/mol. The van der Waals surface area contributed by atoms with Crippen molar-refractivity contribution in [2.45, 2.75) is 13.2 Å². The summed E-state index contributed by atoms with van der Waals surface area (Å²) in [5, 5.41) is 8.12. The first-order valence-corrected chi connectivity index (χ1v) is 11.8. The Bertz CT molecular complexity index is 1400. The molecule has 7 nitrogen and oxygen atoms in total. The van der Waals surface area contributed by atoms with Gasteiger partial charge in [0, 0.05) is 16.8 Å². The maximum atomic E-state index is 12.8. The summed E-state index contributed by atoms with van der Waals surface area (Å²) in [5.74, 6) is -0.413. The van der Waals surface area contributed by atoms with Gasteiger partial charge in [0.25, 0.3) is 5.91 Å². The molecule has 1 N–H and O–H groups in total. The van der Waals surface area contributed by atoms with Gasteiger partial charge in [0.2, 0.25) is 0 Å². The number of amides is 1. The van der Waals surface area contributed by atoms with E-state index in [-0.39, 0.29) is 12.5 Å². The Morgan fingerprint density at radius 3 is 2.50 bits per heavy atom. The molecular weight excluding hydrogens is 525 g/mol. The number of nitrogens with zero attached hydrogens (tertiary/aromatic N) is 2. The van der Waals surface area contributed by atoms with Crippen LogP contribution in [-0.2, 0) is 17.9 Å². The number of ether oxygens (including phenoxy) is 2. The molecule has 0 aliphatic rings. The molecule has 4 aromatic rings. The molecule has 184 valence electrons. The quantitative estimate of drug-likeness (QED) is 0.256. The lowest BCUT2D eigenvalue weighted by atomic mass is 10.1. The zero-order chi connectivity index (χ0) is 25.7. The minimum Gasteiger partial charge on any atom is -0.486 e. The average molecular weight is 545 g/mol. The largest absolute Gasteiger partial charge is 0.486 e. The van der Waals surface area contributed by atoms with Gasteiger partial charge in [-0.05, 0) is 41.5 Å². The fraction of sp³-hybridized carbons (Fsp3) is 0.115. The van der Waals surface area contributed by atoms with Gasteiger partial charge in [-0.2, -0.15) is 5.10 Å². The average Bonchev–Trinajstić information content (AvgIpc) is 3.30. The first kappa shape index (κ1) is 25.6. The summed E-state index contributed by atoms with van der Waals surface area (Å²) in [4.78, 5) is 24.8. The number of methoxy groups -OCH3 is 1. The van der Waals surface area contributed by atoms with Gasteiger partial charge < -0.3 is 14.8 Å². The molecule has 0 atom stereocenters. The minimum atomic E-state index is -0.421. The third-order valence-electron chi connectivity index (χ3n) is 5.18. The zero-order valence-corrected chi connectivity index (χ0v) is 21.3. The van der Waals surface area contributed by atoms with E-state index in [1.807, 2.05) is 18.2 Å². The molecule has 0 saturated carbocycles. The molecule has 3 aromatic carbocycles. The van der Waals surface area contributed by atoms with Crippen molar-refractivity contribution < 1.29 is 19.1 Å². The maximum Gasteiger partial charge on any atom is 0.338 e. The van der Waals surface area contributed by atoms with E-state index in [4.69, 9.17) is 44.3 Å². The Morgan fingerprint density at radius 1 is 1.00 bits per heavy atom. The molecular formula is C26H20Cl3N3O4. The number of carbonyl (C=O) groups is 2. The molecule has 0 unspecified atom stereocenters. The first-order chi connectivity index (χ1) is 17.3. The van der Waals surface area contributed by atoms with Crippen molar-refractivity contribution in [1.29, 1.82) is 0 Å². The van der Waals surface area contributed by atoms with Gasteiger partial charge >= 0.3 is 5.97 Å². The molecule has 0 aliphatic carbocycles. The van der Waals surface area contributed by atoms with Crippen molar-refractivity contribution in [3.05, 3.63) is 110 Å². The van der Waals surface area contributed by atoms with Gasteiger partial charge in [0.05, 0.1) is 41.1 Å². The number of esters is 1. The Labute approximate surface area is 222 Å². The van der Waals surface area contributed by atoms with Gasteiger partial charge in [-0.15, -0.1) is 0 Å². The number of hydrogen-bond acceptors (Lipinski definition) is 5. The smallest absolute Gasteiger partial charge is 0.338 e. The second kappa shape index (κ2) is 11.5. The van der Waals surface area contributed by atoms with Crippen LogP contribution in [0.25, 0.3) is 0 Å². The van der Waals surface area contributed by atoms with Crippen molar-refractivity contribution in [3.63, 3.8) is 0 Å². The van der Waals surface area contributed by atoms with Crippen molar-refractivity contribution in [2.24, 2.45) is 0 Å². The van der Waals surface area contributed by atoms with E-state index in [0.717, 1.165) is 11.1 Å². The van der Waals surface area contributed by atoms with Crippen LogP contribution in [0.3, 0.4) is 0 Å². The van der Waals surface area contributed by atoms with Gasteiger partial charge in [0.15, 0.2) is 5.75 Å². The van der Waals surface area contributed by atoms with Crippen LogP contribution in [0, 0.1) is 0 Å². The van der Waals surface area contributed by atoms with Crippen LogP contribution in [0.5, 0.6) is 5.75 Å². The maximum absolute atomic E-state index is 12.8. The highest BCUT2D eigenvalue weighted by Crippen LogP contribution is 2.36. The van der Waals surface area contributed by atoms with E-state index < -0.39 is 5.97 Å². The molecule has 0 fully saturated rings. The summed E-state index contributed by atoms with van der Waals surface area (Å²) in [6, 6.07) is 17.2. The number of aromatic nitrogens is 2. The van der Waals surface area contributed by atoms with Gasteiger partial charge in [-0.1, -0.05) is 65.1 Å². The Hall–Kier alpha value is -3.52. The normalized spacial score (nSPS) is 10.7. The Morgan fingerprint density at radius 2 is 1.75 bits per heavy atom. The molecule has 1 heterocycles. The summed E-state index contributed by atoms with van der Waals surface area (Å²) in [6.07, 6.45) is 3.22. The van der Waals surface area contributed by atoms with Gasteiger partial charge in [-0.25, -0.2) is 4.79 Å². The third-order valence-corrected chi connectivity index (χ3v) is 5.96. The zero-order valence-electron chi connectivity index (χ0n) is 19.0. The molecule has 1 amide bonds. The number of rotatable bonds is 8. The number of hydrogen-bond donors (Lipinski definition) is 1. The second-order valence-electron chi connectivity index (χ2n) is 7.72. The molecule has 0 spiro atoms. The van der Waals surface area contributed by atoms with E-state index in [0.29, 0.717) is 44.2 Å². The Balaban J connectivity index is 1.41. The van der Waals surface area contributed by atoms with Crippen molar-refractivity contribution in [2.75, 3.05) is 12.4 Å². The number of benzene rings is 3. The molecule has 0 radical (unpaired) electrons. The molecule has 0 saturated heterocycles. The lowest BCUT2D eigenvalue weighted by Gasteiger charge is -2.11. The number of halogens is 3. The van der Waals surface area contributed by atoms with Crippen LogP contribution < -0.4 is 10.1 Å². The van der Waals surface area contributed by atoms with Crippen LogP contribution >= 0.6 is 34.8 Å². The number of anilines is 1. The highest BCUT2D eigenvalue weighted by atomic mass is 35.5. The van der Waals surface area contributed by atoms with Crippen LogP contribution in [-0.4, -0.2) is 28.8 Å². The van der Waals surface area contributed by atoms with Crippen molar-refractivity contribution >= 4 is 52.4 Å². The van der Waals surface area contributed by atoms with E-state index in [9.17, 15) is 9.59 Å². The molecule has 0 aliphatic heterocycles. The van der Waals surface area contributed by atoms with E-state index in [2.05, 4.69) is 10.4 Å². The lowest BCUT2D eigenvalue weighted by Crippen LogP contribution is -2.12. The number of carbonyl (C=O) groups excluding carboxylic acids is 2. The number of nitrogens with one attached hydrogen (secondary N) is 1. The van der Waals surface area contributed by atoms with Gasteiger partial charge in [0.1, 0.15) is 6.61 Å². The van der Waals surface area contributed by atoms with E-state index in [1.54, 1.807) is 53.3 Å². The summed E-state index contributed by atoms with van der Waals surface area (Å²) in [6.45, 7) is 0.490. The Kier molecular flexibility index (Phi) is 8.15. The topological polar surface area (TPSA) is 82.5 Å². The molecule has 4 rings (SSSR count). The molecule has 10 heteroatoms. The summed E-state index contributed by atoms with van der Waals surface area (Å²) < 4.78 is 12.2. The minimum absolute atomic E-state index is 0.153. The third kappa shape index (κ3) is 6.18. The summed E-state index contributed by atoms with van der Waals surface area (Å²) in [7, 11) is 1.34. The fourth-order valence-corrected chi connectivity index (χ4v) is 4.41. The molecule has 0 bridgehead atoms. The second-order valence-corrected chi connectivity index (χ2v) is 8.97.